The SMILES string of the molecule is C[Si](C)(C1=[C]([Cr]([CH3])([CH3])([CH3])[CH3])CC=C1)P(c1ccccc1)c1ccccc1.Cl. The summed E-state index contributed by atoms with van der Waals surface area (Å²) in [4.78, 5) is 0. The van der Waals surface area contributed by atoms with Crippen molar-refractivity contribution in [3.8, 4) is 0 Å². The largest absolute Gasteiger partial charge is 0.147 e. The molecule has 0 aromatic heterocycles. The van der Waals surface area contributed by atoms with E-state index in [0.717, 1.165) is 0 Å². The summed E-state index contributed by atoms with van der Waals surface area (Å²) in [7, 11) is -2.05. The second-order valence-electron chi connectivity index (χ2n) is 9.27. The first-order chi connectivity index (χ1) is 12.1. The van der Waals surface area contributed by atoms with Gasteiger partial charge in [0, 0.05) is 0 Å². The van der Waals surface area contributed by atoms with E-state index >= 15 is 0 Å². The fourth-order valence-corrected chi connectivity index (χ4v) is 20.0. The van der Waals surface area contributed by atoms with Crippen molar-refractivity contribution in [2.24, 2.45) is 0 Å². The number of benzene rings is 2. The van der Waals surface area contributed by atoms with Gasteiger partial charge in [0.15, 0.2) is 0 Å². The second-order valence-corrected chi connectivity index (χ2v) is 30.3. The van der Waals surface area contributed by atoms with Gasteiger partial charge in [-0.1, -0.05) is 0 Å². The maximum atomic E-state index is 2.61. The van der Waals surface area contributed by atoms with Crippen LogP contribution in [-0.4, -0.2) is 7.74 Å². The van der Waals surface area contributed by atoms with Gasteiger partial charge in [0.1, 0.15) is 0 Å². The molecule has 0 aliphatic heterocycles. The van der Waals surface area contributed by atoms with E-state index in [1.165, 1.54) is 17.0 Å². The van der Waals surface area contributed by atoms with Gasteiger partial charge >= 0.3 is 163 Å². The molecule has 0 spiro atoms. The molecule has 1 aliphatic rings. The van der Waals surface area contributed by atoms with E-state index in [4.69, 9.17) is 0 Å². The molecule has 2 aromatic rings. The van der Waals surface area contributed by atoms with E-state index in [2.05, 4.69) is 109 Å². The third-order valence-corrected chi connectivity index (χ3v) is 19.3. The zero-order chi connectivity index (χ0) is 19.0. The van der Waals surface area contributed by atoms with Crippen LogP contribution in [0.3, 0.4) is 0 Å². The summed E-state index contributed by atoms with van der Waals surface area (Å²) in [6.07, 6.45) is 6.11. The first-order valence-corrected chi connectivity index (χ1v) is 20.1. The summed E-state index contributed by atoms with van der Waals surface area (Å²) in [5.74, 6) is 10.2. The van der Waals surface area contributed by atoms with Crippen molar-refractivity contribution in [3.05, 3.63) is 82.4 Å². The average molecular weight is 456 g/mol. The summed E-state index contributed by atoms with van der Waals surface area (Å²) in [6, 6.07) is 22.5. The average Bonchev–Trinajstić information content (AvgIpc) is 3.07. The molecule has 0 N–H and O–H groups in total. The molecule has 0 saturated heterocycles. The third kappa shape index (κ3) is 4.87. The van der Waals surface area contributed by atoms with Gasteiger partial charge in [-0.25, -0.2) is 0 Å². The van der Waals surface area contributed by atoms with E-state index in [0.29, 0.717) is 0 Å². The maximum Gasteiger partial charge on any atom is -0.147 e. The Morgan fingerprint density at radius 3 is 1.63 bits per heavy atom. The molecule has 2 aromatic carbocycles. The van der Waals surface area contributed by atoms with Crippen LogP contribution in [0.1, 0.15) is 6.42 Å². The Bertz CT molecular complexity index is 799. The smallest absolute Gasteiger partial charge is 0.147 e. The number of halogens is 1. The summed E-state index contributed by atoms with van der Waals surface area (Å²) >= 11 is -2.19. The van der Waals surface area contributed by atoms with Crippen molar-refractivity contribution in [3.63, 3.8) is 0 Å². The Kier molecular flexibility index (Phi) is 6.74. The molecule has 0 nitrogen and oxygen atoms in total. The van der Waals surface area contributed by atoms with Crippen LogP contribution in [0.2, 0.25) is 36.2 Å². The van der Waals surface area contributed by atoms with Gasteiger partial charge in [0.05, 0.1) is 0 Å². The van der Waals surface area contributed by atoms with Crippen molar-refractivity contribution in [2.75, 3.05) is 0 Å². The van der Waals surface area contributed by atoms with Crippen LogP contribution in [0.15, 0.2) is 82.4 Å². The minimum absolute atomic E-state index is 0. The number of rotatable bonds is 5. The van der Waals surface area contributed by atoms with Gasteiger partial charge in [-0.05, 0) is 0 Å². The van der Waals surface area contributed by atoms with Crippen LogP contribution in [-0.2, 0) is 12.0 Å². The van der Waals surface area contributed by atoms with E-state index in [9.17, 15) is 0 Å². The summed E-state index contributed by atoms with van der Waals surface area (Å²) in [6.45, 7) is 5.22. The minimum Gasteiger partial charge on any atom is -0.147 e. The van der Waals surface area contributed by atoms with E-state index in [1.807, 2.05) is 0 Å². The molecule has 0 heterocycles. The molecule has 1 aliphatic carbocycles. The zero-order valence-corrected chi connectivity index (χ0v) is 21.4. The Balaban J connectivity index is 0.00000261. The van der Waals surface area contributed by atoms with Crippen molar-refractivity contribution in [2.45, 2.75) is 42.7 Å². The molecule has 0 unspecified atom stereocenters. The zero-order valence-electron chi connectivity index (χ0n) is 17.4. The van der Waals surface area contributed by atoms with Crippen molar-refractivity contribution < 1.29 is 12.0 Å². The molecule has 3 rings (SSSR count). The molecule has 0 bridgehead atoms. The van der Waals surface area contributed by atoms with Crippen molar-refractivity contribution in [1.29, 1.82) is 0 Å². The molecule has 0 radical (unpaired) electrons. The minimum atomic E-state index is -2.19. The second kappa shape index (κ2) is 8.02. The van der Waals surface area contributed by atoms with Gasteiger partial charge in [-0.15, -0.1) is 12.4 Å². The van der Waals surface area contributed by atoms with Crippen LogP contribution in [0.5, 0.6) is 0 Å². The van der Waals surface area contributed by atoms with Gasteiger partial charge in [0.2, 0.25) is 0 Å². The standard InChI is InChI=1S/C19H20PSi.4CH3.ClH.Cr/c1-21(2,19-15-9-10-16-19)20(17-11-5-3-6-12-17)18-13-7-4-8-14-18;;;;;;/h3-9,11-15H,10H2,1-2H3;4*1H3;1H;. The molecule has 4 heteroatoms. The first kappa shape index (κ1) is 22.7. The first-order valence-electron chi connectivity index (χ1n) is 9.21. The topological polar surface area (TPSA) is 0 Å². The van der Waals surface area contributed by atoms with Crippen LogP contribution in [0, 0.1) is 0 Å². The quantitative estimate of drug-likeness (QED) is 0.326. The third-order valence-electron chi connectivity index (χ3n) is 5.12. The fourth-order valence-electron chi connectivity index (χ4n) is 3.87. The summed E-state index contributed by atoms with van der Waals surface area (Å²) in [5, 5.41) is 4.80. The van der Waals surface area contributed by atoms with Gasteiger partial charge in [0.25, 0.3) is 0 Å². The normalized spacial score (nSPS) is 16.2. The van der Waals surface area contributed by atoms with Gasteiger partial charge in [-0.3, -0.25) is 0 Å². The van der Waals surface area contributed by atoms with Crippen LogP contribution >= 0.6 is 19.9 Å². The predicted molar refractivity (Wildman–Crippen MR) is 128 cm³/mol. The van der Waals surface area contributed by atoms with E-state index < -0.39 is 19.7 Å². The monoisotopic (exact) mass is 455 g/mol. The van der Waals surface area contributed by atoms with Crippen LogP contribution in [0.25, 0.3) is 0 Å². The molecular formula is C23H33ClCrPSi. The molecule has 27 heavy (non-hydrogen) atoms. The number of hydrogen-bond donors (Lipinski definition) is 0. The Morgan fingerprint density at radius 2 is 1.22 bits per heavy atom. The number of hydrogen-bond acceptors (Lipinski definition) is 0. The van der Waals surface area contributed by atoms with Crippen molar-refractivity contribution in [1.82, 2.24) is 0 Å². The van der Waals surface area contributed by atoms with E-state index in [1.54, 1.807) is 9.63 Å². The molecule has 0 fully saturated rings. The predicted octanol–water partition coefficient (Wildman–Crippen LogP) is 7.38. The summed E-state index contributed by atoms with van der Waals surface area (Å²) < 4.78 is 1.81. The molecule has 0 amide bonds. The Labute approximate surface area is 174 Å². The van der Waals surface area contributed by atoms with Crippen LogP contribution < -0.4 is 10.6 Å². The molecule has 0 atom stereocenters. The Hall–Kier alpha value is -0.611. The van der Waals surface area contributed by atoms with Crippen LogP contribution in [0.4, 0.5) is 0 Å². The number of allylic oxidation sites excluding steroid dienone is 4. The Morgan fingerprint density at radius 1 is 0.778 bits per heavy atom. The van der Waals surface area contributed by atoms with Crippen molar-refractivity contribution >= 4 is 38.2 Å². The fraction of sp³-hybridized carbons (Fsp3) is 0.304. The van der Waals surface area contributed by atoms with Gasteiger partial charge < -0.3 is 0 Å². The molecule has 0 saturated carbocycles. The maximum absolute atomic E-state index is 2.61. The summed E-state index contributed by atoms with van der Waals surface area (Å²) in [5.41, 5.74) is 0. The molecular weight excluding hydrogens is 423 g/mol. The van der Waals surface area contributed by atoms with E-state index in [-0.39, 0.29) is 19.9 Å². The molecule has 147 valence electrons. The van der Waals surface area contributed by atoms with Gasteiger partial charge in [-0.2, -0.15) is 0 Å².